The Morgan fingerprint density at radius 1 is 0.957 bits per heavy atom. The lowest BCUT2D eigenvalue weighted by Crippen LogP contribution is -2.50. The standard InChI is InChI=1S/C36H59N5O6/c1-25-22-41(26(2)24-42)34(43)31-21-30(38-35(44)37-28-14-7-5-8-15-28)18-19-32(31)47-27(3)13-11-12-20-46-33(25)23-40(4)36(45)39-29-16-9-6-10-17-29/h18-19,21,25-29,33,42H,5-17,20,22-24H2,1-4H3,(H,39,45)(H2,37,38,44)/t25-,26-,27+,33+/m1/s1. The Hall–Kier alpha value is -3.05. The van der Waals surface area contributed by atoms with Crippen LogP contribution in [0, 0.1) is 5.92 Å². The van der Waals surface area contributed by atoms with Crippen LogP contribution in [0.4, 0.5) is 15.3 Å². The number of anilines is 1. The predicted octanol–water partition coefficient (Wildman–Crippen LogP) is 5.91. The maximum Gasteiger partial charge on any atom is 0.319 e. The van der Waals surface area contributed by atoms with E-state index in [4.69, 9.17) is 9.47 Å². The van der Waals surface area contributed by atoms with E-state index in [9.17, 15) is 19.5 Å². The summed E-state index contributed by atoms with van der Waals surface area (Å²) in [6.07, 6.45) is 12.9. The zero-order valence-corrected chi connectivity index (χ0v) is 29.1. The van der Waals surface area contributed by atoms with Gasteiger partial charge in [0.25, 0.3) is 5.91 Å². The highest BCUT2D eigenvalue weighted by Gasteiger charge is 2.31. The number of amides is 5. The van der Waals surface area contributed by atoms with Crippen molar-refractivity contribution in [2.24, 2.45) is 5.92 Å². The molecule has 4 rings (SSSR count). The molecule has 4 N–H and O–H groups in total. The summed E-state index contributed by atoms with van der Waals surface area (Å²) in [4.78, 5) is 43.7. The van der Waals surface area contributed by atoms with Crippen LogP contribution in [0.2, 0.25) is 0 Å². The molecule has 3 aliphatic rings. The van der Waals surface area contributed by atoms with Crippen LogP contribution in [0.25, 0.3) is 0 Å². The van der Waals surface area contributed by atoms with Crippen LogP contribution in [0.5, 0.6) is 5.75 Å². The van der Waals surface area contributed by atoms with E-state index in [-0.39, 0.29) is 54.8 Å². The largest absolute Gasteiger partial charge is 0.490 e. The molecule has 264 valence electrons. The van der Waals surface area contributed by atoms with Crippen LogP contribution in [-0.2, 0) is 4.74 Å². The Labute approximate surface area is 281 Å². The zero-order valence-electron chi connectivity index (χ0n) is 29.1. The number of carbonyl (C=O) groups is 3. The van der Waals surface area contributed by atoms with Gasteiger partial charge in [-0.3, -0.25) is 4.79 Å². The topological polar surface area (TPSA) is 132 Å². The van der Waals surface area contributed by atoms with Crippen LogP contribution < -0.4 is 20.7 Å². The fourth-order valence-corrected chi connectivity index (χ4v) is 6.95. The van der Waals surface area contributed by atoms with Crippen molar-refractivity contribution in [3.63, 3.8) is 0 Å². The minimum Gasteiger partial charge on any atom is -0.490 e. The molecular weight excluding hydrogens is 598 g/mol. The molecule has 2 fully saturated rings. The van der Waals surface area contributed by atoms with Gasteiger partial charge in [0.05, 0.1) is 30.4 Å². The maximum atomic E-state index is 14.4. The van der Waals surface area contributed by atoms with Crippen molar-refractivity contribution in [3.05, 3.63) is 23.8 Å². The molecule has 1 aliphatic heterocycles. The smallest absolute Gasteiger partial charge is 0.319 e. The van der Waals surface area contributed by atoms with Crippen molar-refractivity contribution in [1.82, 2.24) is 20.4 Å². The van der Waals surface area contributed by atoms with E-state index in [0.29, 0.717) is 36.7 Å². The van der Waals surface area contributed by atoms with Crippen LogP contribution >= 0.6 is 0 Å². The number of ether oxygens (including phenoxy) is 2. The van der Waals surface area contributed by atoms with Crippen molar-refractivity contribution in [2.75, 3.05) is 38.7 Å². The molecule has 5 amide bonds. The summed E-state index contributed by atoms with van der Waals surface area (Å²) in [5.41, 5.74) is 0.831. The number of fused-ring (bicyclic) bond motifs is 1. The number of nitrogens with one attached hydrogen (secondary N) is 3. The Morgan fingerprint density at radius 2 is 1.60 bits per heavy atom. The first kappa shape index (κ1) is 36.8. The summed E-state index contributed by atoms with van der Waals surface area (Å²) >= 11 is 0. The third-order valence-electron chi connectivity index (χ3n) is 9.98. The molecule has 4 atom stereocenters. The number of hydrogen-bond acceptors (Lipinski definition) is 6. The van der Waals surface area contributed by atoms with Gasteiger partial charge in [-0.1, -0.05) is 45.4 Å². The molecule has 11 nitrogen and oxygen atoms in total. The molecule has 0 spiro atoms. The van der Waals surface area contributed by atoms with Crippen LogP contribution in [0.3, 0.4) is 0 Å². The molecule has 1 aromatic carbocycles. The molecule has 0 bridgehead atoms. The molecule has 0 aromatic heterocycles. The highest BCUT2D eigenvalue weighted by Crippen LogP contribution is 2.29. The average Bonchev–Trinajstić information content (AvgIpc) is 3.06. The van der Waals surface area contributed by atoms with Gasteiger partial charge in [0, 0.05) is 50.4 Å². The molecule has 47 heavy (non-hydrogen) atoms. The molecule has 1 heterocycles. The SMILES string of the molecule is C[C@@H]1CN([C@H](C)CO)C(=O)c2cc(NC(=O)NC3CCCCC3)ccc2O[C@@H](C)CCCCO[C@H]1CN(C)C(=O)NC1CCCCC1. The summed E-state index contributed by atoms with van der Waals surface area (Å²) in [5.74, 6) is 0.00958. The minimum absolute atomic E-state index is 0.101. The van der Waals surface area contributed by atoms with Gasteiger partial charge in [-0.05, 0) is 77.0 Å². The van der Waals surface area contributed by atoms with Crippen LogP contribution in [0.15, 0.2) is 18.2 Å². The van der Waals surface area contributed by atoms with Gasteiger partial charge in [0.15, 0.2) is 0 Å². The highest BCUT2D eigenvalue weighted by atomic mass is 16.5. The Bertz CT molecular complexity index is 1150. The van der Waals surface area contributed by atoms with Gasteiger partial charge in [-0.2, -0.15) is 0 Å². The lowest BCUT2D eigenvalue weighted by atomic mass is 9.96. The highest BCUT2D eigenvalue weighted by molar-refractivity contribution is 5.99. The first-order valence-corrected chi connectivity index (χ1v) is 18.1. The molecule has 1 aromatic rings. The predicted molar refractivity (Wildman–Crippen MR) is 184 cm³/mol. The fraction of sp³-hybridized carbons (Fsp3) is 0.750. The van der Waals surface area contributed by atoms with E-state index in [1.54, 1.807) is 35.0 Å². The maximum absolute atomic E-state index is 14.4. The number of nitrogens with zero attached hydrogens (tertiary/aromatic N) is 2. The van der Waals surface area contributed by atoms with Crippen LogP contribution in [-0.4, -0.2) is 96.6 Å². The molecule has 11 heteroatoms. The van der Waals surface area contributed by atoms with Gasteiger partial charge in [0.1, 0.15) is 5.75 Å². The van der Waals surface area contributed by atoms with Crippen molar-refractivity contribution >= 4 is 23.7 Å². The zero-order chi connectivity index (χ0) is 33.8. The van der Waals surface area contributed by atoms with E-state index < -0.39 is 6.04 Å². The molecular formula is C36H59N5O6. The molecule has 0 unspecified atom stereocenters. The number of benzene rings is 1. The first-order chi connectivity index (χ1) is 22.6. The van der Waals surface area contributed by atoms with E-state index in [1.807, 2.05) is 20.8 Å². The Balaban J connectivity index is 1.54. The number of urea groups is 2. The average molecular weight is 658 g/mol. The summed E-state index contributed by atoms with van der Waals surface area (Å²) in [5, 5.41) is 19.4. The van der Waals surface area contributed by atoms with E-state index >= 15 is 0 Å². The summed E-state index contributed by atoms with van der Waals surface area (Å²) in [6, 6.07) is 4.69. The van der Waals surface area contributed by atoms with Crippen molar-refractivity contribution in [2.45, 2.75) is 135 Å². The lowest BCUT2D eigenvalue weighted by molar-refractivity contribution is -0.0123. The van der Waals surface area contributed by atoms with Crippen molar-refractivity contribution in [3.8, 4) is 5.75 Å². The molecule has 0 radical (unpaired) electrons. The second-order valence-electron chi connectivity index (χ2n) is 14.1. The third kappa shape index (κ3) is 11.3. The second kappa shape index (κ2) is 18.5. The Morgan fingerprint density at radius 3 is 2.26 bits per heavy atom. The number of aliphatic hydroxyl groups is 1. The second-order valence-corrected chi connectivity index (χ2v) is 14.1. The quantitative estimate of drug-likeness (QED) is 0.288. The number of carbonyl (C=O) groups excluding carboxylic acids is 3. The number of likely N-dealkylation sites (N-methyl/N-ethyl adjacent to an activating group) is 1. The van der Waals surface area contributed by atoms with Gasteiger partial charge in [-0.15, -0.1) is 0 Å². The van der Waals surface area contributed by atoms with Gasteiger partial charge < -0.3 is 40.3 Å². The van der Waals surface area contributed by atoms with E-state index in [0.717, 1.165) is 70.6 Å². The monoisotopic (exact) mass is 657 g/mol. The third-order valence-corrected chi connectivity index (χ3v) is 9.98. The van der Waals surface area contributed by atoms with Crippen molar-refractivity contribution in [1.29, 1.82) is 0 Å². The normalized spacial score (nSPS) is 24.7. The van der Waals surface area contributed by atoms with E-state index in [2.05, 4.69) is 16.0 Å². The number of aliphatic hydroxyl groups excluding tert-OH is 1. The molecule has 2 saturated carbocycles. The lowest BCUT2D eigenvalue weighted by Gasteiger charge is -2.36. The number of rotatable bonds is 7. The molecule has 2 aliphatic carbocycles. The summed E-state index contributed by atoms with van der Waals surface area (Å²) in [7, 11) is 1.80. The van der Waals surface area contributed by atoms with Gasteiger partial charge in [0.2, 0.25) is 0 Å². The first-order valence-electron chi connectivity index (χ1n) is 18.1. The minimum atomic E-state index is -0.484. The summed E-state index contributed by atoms with van der Waals surface area (Å²) < 4.78 is 12.7. The van der Waals surface area contributed by atoms with Gasteiger partial charge in [-0.25, -0.2) is 9.59 Å². The number of hydrogen-bond donors (Lipinski definition) is 4. The Kier molecular flexibility index (Phi) is 14.5. The van der Waals surface area contributed by atoms with E-state index in [1.165, 1.54) is 12.8 Å². The van der Waals surface area contributed by atoms with Crippen molar-refractivity contribution < 1.29 is 29.0 Å². The summed E-state index contributed by atoms with van der Waals surface area (Å²) in [6.45, 7) is 6.84. The van der Waals surface area contributed by atoms with Crippen LogP contribution in [0.1, 0.15) is 115 Å². The molecule has 0 saturated heterocycles. The van der Waals surface area contributed by atoms with Gasteiger partial charge >= 0.3 is 12.1 Å². The fourth-order valence-electron chi connectivity index (χ4n) is 6.95.